The lowest BCUT2D eigenvalue weighted by molar-refractivity contribution is -0.131. The van der Waals surface area contributed by atoms with Crippen molar-refractivity contribution in [1.82, 2.24) is 4.90 Å². The minimum Gasteiger partial charge on any atom is -0.478 e. The first kappa shape index (κ1) is 15.6. The fraction of sp³-hybridized carbons (Fsp3) is 0.375. The maximum atomic E-state index is 12.5. The van der Waals surface area contributed by atoms with Gasteiger partial charge in [-0.1, -0.05) is 12.1 Å². The highest BCUT2D eigenvalue weighted by atomic mass is 32.2. The quantitative estimate of drug-likeness (QED) is 0.872. The van der Waals surface area contributed by atoms with Gasteiger partial charge in [0.1, 0.15) is 0 Å². The van der Waals surface area contributed by atoms with E-state index in [9.17, 15) is 9.59 Å². The van der Waals surface area contributed by atoms with Gasteiger partial charge in [0.15, 0.2) is 0 Å². The summed E-state index contributed by atoms with van der Waals surface area (Å²) in [6.07, 6.45) is 2.60. The van der Waals surface area contributed by atoms with Crippen LogP contribution in [0.25, 0.3) is 6.08 Å². The fourth-order valence-corrected chi connectivity index (χ4v) is 3.39. The summed E-state index contributed by atoms with van der Waals surface area (Å²) in [4.78, 5) is 24.8. The topological polar surface area (TPSA) is 57.6 Å². The predicted molar refractivity (Wildman–Crippen MR) is 85.6 cm³/mol. The zero-order chi connectivity index (χ0) is 15.5. The van der Waals surface area contributed by atoms with Crippen molar-refractivity contribution in [3.8, 4) is 0 Å². The van der Waals surface area contributed by atoms with Crippen molar-refractivity contribution in [2.45, 2.75) is 18.6 Å². The van der Waals surface area contributed by atoms with Gasteiger partial charge in [0.05, 0.1) is 0 Å². The van der Waals surface area contributed by atoms with E-state index in [0.29, 0.717) is 5.56 Å². The average molecular weight is 305 g/mol. The van der Waals surface area contributed by atoms with Crippen LogP contribution in [-0.4, -0.2) is 45.5 Å². The fourth-order valence-electron chi connectivity index (χ4n) is 2.28. The van der Waals surface area contributed by atoms with Crippen LogP contribution in [0, 0.1) is 0 Å². The number of hydrogen-bond acceptors (Lipinski definition) is 3. The molecule has 1 aliphatic heterocycles. The largest absolute Gasteiger partial charge is 0.478 e. The van der Waals surface area contributed by atoms with E-state index in [-0.39, 0.29) is 10.7 Å². The van der Waals surface area contributed by atoms with Crippen molar-refractivity contribution in [3.05, 3.63) is 41.5 Å². The predicted octanol–water partition coefficient (Wildman–Crippen LogP) is 2.75. The Morgan fingerprint density at radius 2 is 1.95 bits per heavy atom. The van der Waals surface area contributed by atoms with Gasteiger partial charge in [0, 0.05) is 35.2 Å². The molecule has 0 saturated carbocycles. The molecule has 5 heteroatoms. The molecule has 0 unspecified atom stereocenters. The highest BCUT2D eigenvalue weighted by Gasteiger charge is 2.30. The van der Waals surface area contributed by atoms with Crippen LogP contribution < -0.4 is 0 Å². The lowest BCUT2D eigenvalue weighted by Crippen LogP contribution is -2.46. The van der Waals surface area contributed by atoms with Crippen LogP contribution >= 0.6 is 11.8 Å². The molecule has 1 amide bonds. The van der Waals surface area contributed by atoms with Crippen molar-refractivity contribution in [2.75, 3.05) is 18.8 Å². The molecular formula is C16H19NO3S. The van der Waals surface area contributed by atoms with Crippen molar-refractivity contribution in [2.24, 2.45) is 0 Å². The molecule has 21 heavy (non-hydrogen) atoms. The number of amides is 1. The van der Waals surface area contributed by atoms with Crippen molar-refractivity contribution >= 4 is 29.7 Å². The third kappa shape index (κ3) is 4.36. The average Bonchev–Trinajstić information content (AvgIpc) is 2.44. The van der Waals surface area contributed by atoms with Crippen molar-refractivity contribution < 1.29 is 14.7 Å². The monoisotopic (exact) mass is 305 g/mol. The Bertz CT molecular complexity index is 563. The summed E-state index contributed by atoms with van der Waals surface area (Å²) in [5, 5.41) is 8.59. The van der Waals surface area contributed by atoms with Crippen LogP contribution in [-0.2, 0) is 4.79 Å². The first-order chi connectivity index (χ1) is 9.87. The standard InChI is InChI=1S/C16H19NO3S/c1-16(2)11-17(9-10-21-16)15(20)13-6-3-12(4-7-13)5-8-14(18)19/h3-8H,9-11H2,1-2H3,(H,18,19)/b8-5+. The summed E-state index contributed by atoms with van der Waals surface area (Å²) < 4.78 is 0.0953. The molecule has 1 heterocycles. The number of thioether (sulfide) groups is 1. The van der Waals surface area contributed by atoms with Crippen LogP contribution in [0.5, 0.6) is 0 Å². The number of carboxylic acid groups (broad SMARTS) is 1. The summed E-state index contributed by atoms with van der Waals surface area (Å²) in [5.41, 5.74) is 1.41. The van der Waals surface area contributed by atoms with Gasteiger partial charge in [-0.3, -0.25) is 4.79 Å². The second kappa shape index (κ2) is 6.35. The number of nitrogens with zero attached hydrogens (tertiary/aromatic N) is 1. The highest BCUT2D eigenvalue weighted by Crippen LogP contribution is 2.30. The zero-order valence-corrected chi connectivity index (χ0v) is 13.0. The number of carbonyl (C=O) groups is 2. The summed E-state index contributed by atoms with van der Waals surface area (Å²) in [6, 6.07) is 7.02. The smallest absolute Gasteiger partial charge is 0.328 e. The summed E-state index contributed by atoms with van der Waals surface area (Å²) in [7, 11) is 0. The molecular weight excluding hydrogens is 286 g/mol. The second-order valence-corrected chi connectivity index (χ2v) is 7.43. The maximum absolute atomic E-state index is 12.5. The van der Waals surface area contributed by atoms with E-state index in [4.69, 9.17) is 5.11 Å². The SMILES string of the molecule is CC1(C)CN(C(=O)c2ccc(/C=C/C(=O)O)cc2)CCS1. The minimum atomic E-state index is -0.983. The van der Waals surface area contributed by atoms with Crippen LogP contribution in [0.15, 0.2) is 30.3 Å². The van der Waals surface area contributed by atoms with Gasteiger partial charge in [-0.05, 0) is 37.6 Å². The molecule has 0 aliphatic carbocycles. The molecule has 0 spiro atoms. The normalized spacial score (nSPS) is 17.9. The molecule has 1 N–H and O–H groups in total. The minimum absolute atomic E-state index is 0.0390. The Kier molecular flexibility index (Phi) is 4.73. The summed E-state index contributed by atoms with van der Waals surface area (Å²) in [6.45, 7) is 5.82. The lowest BCUT2D eigenvalue weighted by atomic mass is 10.1. The number of aliphatic carboxylic acids is 1. The lowest BCUT2D eigenvalue weighted by Gasteiger charge is -2.37. The van der Waals surface area contributed by atoms with E-state index < -0.39 is 5.97 Å². The molecule has 1 aromatic carbocycles. The van der Waals surface area contributed by atoms with Gasteiger partial charge >= 0.3 is 5.97 Å². The molecule has 1 aliphatic rings. The third-order valence-electron chi connectivity index (χ3n) is 3.29. The highest BCUT2D eigenvalue weighted by molar-refractivity contribution is 8.00. The Balaban J connectivity index is 2.08. The van der Waals surface area contributed by atoms with Crippen LogP contribution in [0.2, 0.25) is 0 Å². The second-order valence-electron chi connectivity index (χ2n) is 5.63. The molecule has 1 fully saturated rings. The number of rotatable bonds is 3. The van der Waals surface area contributed by atoms with Crippen LogP contribution in [0.1, 0.15) is 29.8 Å². The first-order valence-electron chi connectivity index (χ1n) is 6.82. The summed E-state index contributed by atoms with van der Waals surface area (Å²) >= 11 is 1.89. The molecule has 0 radical (unpaired) electrons. The van der Waals surface area contributed by atoms with E-state index in [1.807, 2.05) is 16.7 Å². The molecule has 0 aromatic heterocycles. The number of hydrogen-bond donors (Lipinski definition) is 1. The molecule has 2 rings (SSSR count). The van der Waals surface area contributed by atoms with Gasteiger partial charge in [0.2, 0.25) is 0 Å². The number of benzene rings is 1. The third-order valence-corrected chi connectivity index (χ3v) is 4.59. The number of carboxylic acids is 1. The van der Waals surface area contributed by atoms with Crippen molar-refractivity contribution in [3.63, 3.8) is 0 Å². The number of carbonyl (C=O) groups excluding carboxylic acids is 1. The molecule has 0 atom stereocenters. The van der Waals surface area contributed by atoms with Gasteiger partial charge in [-0.2, -0.15) is 11.8 Å². The van der Waals surface area contributed by atoms with Crippen molar-refractivity contribution in [1.29, 1.82) is 0 Å². The molecule has 4 nitrogen and oxygen atoms in total. The summed E-state index contributed by atoms with van der Waals surface area (Å²) in [5.74, 6) is 0.0124. The van der Waals surface area contributed by atoms with E-state index in [1.54, 1.807) is 24.3 Å². The Hall–Kier alpha value is -1.75. The Labute approximate surface area is 128 Å². The van der Waals surface area contributed by atoms with Gasteiger partial charge in [0.25, 0.3) is 5.91 Å². The zero-order valence-electron chi connectivity index (χ0n) is 12.2. The van der Waals surface area contributed by atoms with E-state index in [2.05, 4.69) is 13.8 Å². The van der Waals surface area contributed by atoms with Crippen LogP contribution in [0.3, 0.4) is 0 Å². The van der Waals surface area contributed by atoms with Gasteiger partial charge in [-0.15, -0.1) is 0 Å². The van der Waals surface area contributed by atoms with Gasteiger partial charge in [-0.25, -0.2) is 4.79 Å². The first-order valence-corrected chi connectivity index (χ1v) is 7.80. The molecule has 1 aromatic rings. The molecule has 1 saturated heterocycles. The Morgan fingerprint density at radius 3 is 2.52 bits per heavy atom. The van der Waals surface area contributed by atoms with E-state index in [0.717, 1.165) is 30.5 Å². The molecule has 0 bridgehead atoms. The Morgan fingerprint density at radius 1 is 1.29 bits per heavy atom. The van der Waals surface area contributed by atoms with Crippen LogP contribution in [0.4, 0.5) is 0 Å². The van der Waals surface area contributed by atoms with E-state index >= 15 is 0 Å². The van der Waals surface area contributed by atoms with E-state index in [1.165, 1.54) is 6.08 Å². The van der Waals surface area contributed by atoms with Gasteiger partial charge < -0.3 is 10.0 Å². The molecule has 112 valence electrons. The maximum Gasteiger partial charge on any atom is 0.328 e.